The topological polar surface area (TPSA) is 49.8 Å². The van der Waals surface area contributed by atoms with E-state index in [0.717, 1.165) is 0 Å². The lowest BCUT2D eigenvalue weighted by molar-refractivity contribution is -0.141. The molecule has 0 aliphatic carbocycles. The Morgan fingerprint density at radius 3 is 2.71 bits per heavy atom. The van der Waals surface area contributed by atoms with E-state index >= 15 is 0 Å². The molecule has 2 aliphatic rings. The maximum Gasteiger partial charge on any atom is 0.170 e. The Kier molecular flexibility index (Phi) is 2.42. The van der Waals surface area contributed by atoms with Crippen LogP contribution in [0.25, 0.3) is 0 Å². The van der Waals surface area contributed by atoms with Gasteiger partial charge in [-0.3, -0.25) is 4.79 Å². The van der Waals surface area contributed by atoms with Gasteiger partial charge in [0.2, 0.25) is 0 Å². The van der Waals surface area contributed by atoms with E-state index in [1.165, 1.54) is 5.06 Å². The first-order valence-electron chi connectivity index (χ1n) is 5.94. The molecule has 0 bridgehead atoms. The zero-order valence-corrected chi connectivity index (χ0v) is 9.56. The molecule has 0 atom stereocenters. The van der Waals surface area contributed by atoms with E-state index in [9.17, 15) is 10.0 Å². The summed E-state index contributed by atoms with van der Waals surface area (Å²) in [5, 5.41) is 10.7. The summed E-state index contributed by atoms with van der Waals surface area (Å²) >= 11 is 0. The van der Waals surface area contributed by atoms with Crippen LogP contribution in [0.2, 0.25) is 0 Å². The second kappa shape index (κ2) is 3.82. The van der Waals surface area contributed by atoms with Crippen LogP contribution >= 0.6 is 0 Å². The summed E-state index contributed by atoms with van der Waals surface area (Å²) in [4.78, 5) is 12.1. The van der Waals surface area contributed by atoms with Gasteiger partial charge in [-0.2, -0.15) is 5.06 Å². The average Bonchev–Trinajstić information content (AvgIpc) is 2.34. The van der Waals surface area contributed by atoms with Gasteiger partial charge in [0.15, 0.2) is 5.78 Å². The molecular weight excluding hydrogens is 218 g/mol. The van der Waals surface area contributed by atoms with Crippen LogP contribution in [-0.2, 0) is 0 Å². The molecule has 90 valence electrons. The number of benzene rings is 1. The number of Topliss-reactive ketones (excluding diaryl/α,β-unsaturated/α-hetero) is 1. The highest BCUT2D eigenvalue weighted by atomic mass is 16.5. The molecule has 2 heterocycles. The van der Waals surface area contributed by atoms with Crippen molar-refractivity contribution in [2.24, 2.45) is 0 Å². The smallest absolute Gasteiger partial charge is 0.170 e. The largest absolute Gasteiger partial charge is 0.486 e. The molecule has 1 aromatic rings. The summed E-state index contributed by atoms with van der Waals surface area (Å²) in [5.41, 5.74) is 0.287. The summed E-state index contributed by atoms with van der Waals surface area (Å²) < 4.78 is 6.02. The Morgan fingerprint density at radius 1 is 1.24 bits per heavy atom. The van der Waals surface area contributed by atoms with E-state index in [1.807, 2.05) is 24.3 Å². The third-order valence-corrected chi connectivity index (χ3v) is 3.65. The van der Waals surface area contributed by atoms with Crippen molar-refractivity contribution in [2.45, 2.75) is 24.9 Å². The number of fused-ring (bicyclic) bond motifs is 1. The third-order valence-electron chi connectivity index (χ3n) is 3.65. The van der Waals surface area contributed by atoms with Gasteiger partial charge >= 0.3 is 0 Å². The van der Waals surface area contributed by atoms with Gasteiger partial charge < -0.3 is 9.94 Å². The minimum Gasteiger partial charge on any atom is -0.486 e. The fourth-order valence-electron chi connectivity index (χ4n) is 2.62. The van der Waals surface area contributed by atoms with Gasteiger partial charge in [0.25, 0.3) is 0 Å². The van der Waals surface area contributed by atoms with Crippen LogP contribution in [0.3, 0.4) is 0 Å². The first-order chi connectivity index (χ1) is 8.19. The van der Waals surface area contributed by atoms with Gasteiger partial charge in [-0.25, -0.2) is 0 Å². The van der Waals surface area contributed by atoms with Crippen LogP contribution in [-0.4, -0.2) is 34.7 Å². The molecule has 1 aromatic carbocycles. The Labute approximate surface area is 99.8 Å². The van der Waals surface area contributed by atoms with E-state index in [2.05, 4.69) is 0 Å². The molecule has 0 saturated carbocycles. The summed E-state index contributed by atoms with van der Waals surface area (Å²) in [6, 6.07) is 7.39. The number of ketones is 1. The van der Waals surface area contributed by atoms with E-state index in [1.54, 1.807) is 0 Å². The molecule has 4 nitrogen and oxygen atoms in total. The van der Waals surface area contributed by atoms with Crippen molar-refractivity contribution in [3.05, 3.63) is 29.8 Å². The third kappa shape index (κ3) is 1.83. The number of hydroxylamine groups is 2. The fraction of sp³-hybridized carbons (Fsp3) is 0.462. The summed E-state index contributed by atoms with van der Waals surface area (Å²) in [6.07, 6.45) is 1.82. The molecule has 1 saturated heterocycles. The number of ether oxygens (including phenoxy) is 1. The minimum absolute atomic E-state index is 0.151. The first-order valence-corrected chi connectivity index (χ1v) is 5.94. The number of hydrogen-bond donors (Lipinski definition) is 1. The van der Waals surface area contributed by atoms with Gasteiger partial charge in [-0.1, -0.05) is 12.1 Å². The van der Waals surface area contributed by atoms with Crippen LogP contribution in [0.5, 0.6) is 5.75 Å². The maximum absolute atomic E-state index is 12.1. The average molecular weight is 233 g/mol. The van der Waals surface area contributed by atoms with Gasteiger partial charge in [0, 0.05) is 25.9 Å². The van der Waals surface area contributed by atoms with Gasteiger partial charge in [0.05, 0.1) is 12.0 Å². The van der Waals surface area contributed by atoms with Crippen LogP contribution in [0.4, 0.5) is 0 Å². The van der Waals surface area contributed by atoms with Crippen LogP contribution in [0, 0.1) is 0 Å². The summed E-state index contributed by atoms with van der Waals surface area (Å²) in [6.45, 7) is 1.13. The standard InChI is InChI=1S/C13H15NO3/c15-11-9-13(5-7-14(16)8-6-13)17-12-4-2-1-3-10(11)12/h1-4,16H,5-9H2. The first kappa shape index (κ1) is 10.7. The van der Waals surface area contributed by atoms with Crippen LogP contribution in [0.1, 0.15) is 29.6 Å². The number of carbonyl (C=O) groups is 1. The SMILES string of the molecule is O=C1CC2(CCN(O)CC2)Oc2ccccc21. The summed E-state index contributed by atoms with van der Waals surface area (Å²) in [7, 11) is 0. The number of rotatable bonds is 0. The molecule has 1 N–H and O–H groups in total. The van der Waals surface area contributed by atoms with Crippen molar-refractivity contribution in [3.8, 4) is 5.75 Å². The fourth-order valence-corrected chi connectivity index (χ4v) is 2.62. The van der Waals surface area contributed by atoms with Crippen LogP contribution in [0.15, 0.2) is 24.3 Å². The second-order valence-corrected chi connectivity index (χ2v) is 4.83. The molecule has 0 amide bonds. The van der Waals surface area contributed by atoms with E-state index in [0.29, 0.717) is 43.7 Å². The monoisotopic (exact) mass is 233 g/mol. The minimum atomic E-state index is -0.398. The van der Waals surface area contributed by atoms with E-state index in [-0.39, 0.29) is 5.78 Å². The van der Waals surface area contributed by atoms with Crippen molar-refractivity contribution in [1.29, 1.82) is 0 Å². The molecule has 0 aromatic heterocycles. The normalized spacial score (nSPS) is 23.2. The van der Waals surface area contributed by atoms with Crippen LogP contribution < -0.4 is 4.74 Å². The molecule has 3 rings (SSSR count). The number of carbonyl (C=O) groups excluding carboxylic acids is 1. The van der Waals surface area contributed by atoms with Crippen molar-refractivity contribution >= 4 is 5.78 Å². The lowest BCUT2D eigenvalue weighted by atomic mass is 9.83. The molecule has 4 heteroatoms. The van der Waals surface area contributed by atoms with Gasteiger partial charge in [0.1, 0.15) is 11.4 Å². The highest BCUT2D eigenvalue weighted by Crippen LogP contribution is 2.38. The Balaban J connectivity index is 1.91. The Morgan fingerprint density at radius 2 is 1.94 bits per heavy atom. The van der Waals surface area contributed by atoms with Gasteiger partial charge in [-0.05, 0) is 12.1 Å². The lowest BCUT2D eigenvalue weighted by Gasteiger charge is -2.42. The Hall–Kier alpha value is -1.39. The molecule has 0 radical (unpaired) electrons. The van der Waals surface area contributed by atoms with Crippen molar-refractivity contribution in [1.82, 2.24) is 5.06 Å². The van der Waals surface area contributed by atoms with Crippen molar-refractivity contribution in [2.75, 3.05) is 13.1 Å². The molecule has 17 heavy (non-hydrogen) atoms. The molecule has 0 unspecified atom stereocenters. The number of piperidine rings is 1. The Bertz CT molecular complexity index is 450. The number of nitrogens with zero attached hydrogens (tertiary/aromatic N) is 1. The number of hydrogen-bond acceptors (Lipinski definition) is 4. The van der Waals surface area contributed by atoms with Gasteiger partial charge in [-0.15, -0.1) is 0 Å². The second-order valence-electron chi connectivity index (χ2n) is 4.83. The zero-order chi connectivity index (χ0) is 11.9. The molecular formula is C13H15NO3. The lowest BCUT2D eigenvalue weighted by Crippen LogP contribution is -2.50. The highest BCUT2D eigenvalue weighted by Gasteiger charge is 2.42. The number of para-hydroxylation sites is 1. The highest BCUT2D eigenvalue weighted by molar-refractivity contribution is 6.00. The maximum atomic E-state index is 12.1. The molecule has 2 aliphatic heterocycles. The van der Waals surface area contributed by atoms with Crippen molar-refractivity contribution in [3.63, 3.8) is 0 Å². The van der Waals surface area contributed by atoms with Crippen molar-refractivity contribution < 1.29 is 14.7 Å². The molecule has 1 spiro atoms. The summed E-state index contributed by atoms with van der Waals surface area (Å²) in [5.74, 6) is 0.841. The molecule has 1 fully saturated rings. The quantitative estimate of drug-likeness (QED) is 0.743. The predicted molar refractivity (Wildman–Crippen MR) is 61.3 cm³/mol. The van der Waals surface area contributed by atoms with E-state index in [4.69, 9.17) is 4.74 Å². The van der Waals surface area contributed by atoms with E-state index < -0.39 is 5.60 Å². The zero-order valence-electron chi connectivity index (χ0n) is 9.56. The predicted octanol–water partition coefficient (Wildman–Crippen LogP) is 1.88.